The van der Waals surface area contributed by atoms with Crippen molar-refractivity contribution < 1.29 is 14.3 Å². The molecule has 0 unspecified atom stereocenters. The Morgan fingerprint density at radius 2 is 2.00 bits per heavy atom. The van der Waals surface area contributed by atoms with Crippen LogP contribution in [-0.4, -0.2) is 31.7 Å². The maximum Gasteiger partial charge on any atom is 0.257 e. The normalized spacial score (nSPS) is 10.5. The van der Waals surface area contributed by atoms with Crippen molar-refractivity contribution in [3.8, 4) is 22.8 Å². The lowest BCUT2D eigenvalue weighted by molar-refractivity contribution is -0.122. The maximum atomic E-state index is 11.5. The van der Waals surface area contributed by atoms with Gasteiger partial charge in [0, 0.05) is 18.8 Å². The molecular formula is C19H17ClN2O3. The highest BCUT2D eigenvalue weighted by atomic mass is 35.5. The van der Waals surface area contributed by atoms with Gasteiger partial charge in [-0.15, -0.1) is 0 Å². The standard InChI is InChI=1S/C19H17ClN2O3/c1-21-18(23)11-25-14-7-12-5-3-4-6-15(12)16(9-14)17-8-13(20)10-22-19(17)24-2/h3-10H,11H2,1-2H3,(H,21,23). The minimum Gasteiger partial charge on any atom is -0.484 e. The van der Waals surface area contributed by atoms with Crippen LogP contribution in [0, 0.1) is 0 Å². The number of benzene rings is 2. The van der Waals surface area contributed by atoms with Gasteiger partial charge in [0.1, 0.15) is 5.75 Å². The van der Waals surface area contributed by atoms with E-state index in [0.717, 1.165) is 21.9 Å². The lowest BCUT2D eigenvalue weighted by atomic mass is 9.98. The van der Waals surface area contributed by atoms with Crippen LogP contribution in [0.1, 0.15) is 0 Å². The van der Waals surface area contributed by atoms with E-state index < -0.39 is 0 Å². The number of nitrogens with zero attached hydrogens (tertiary/aromatic N) is 1. The van der Waals surface area contributed by atoms with Crippen molar-refractivity contribution in [3.63, 3.8) is 0 Å². The number of carbonyl (C=O) groups is 1. The average molecular weight is 357 g/mol. The van der Waals surface area contributed by atoms with Crippen LogP contribution in [-0.2, 0) is 4.79 Å². The second kappa shape index (κ2) is 7.40. The zero-order valence-corrected chi connectivity index (χ0v) is 14.6. The van der Waals surface area contributed by atoms with Crippen molar-refractivity contribution in [3.05, 3.63) is 53.7 Å². The van der Waals surface area contributed by atoms with E-state index in [9.17, 15) is 4.79 Å². The van der Waals surface area contributed by atoms with Crippen LogP contribution in [0.3, 0.4) is 0 Å². The van der Waals surface area contributed by atoms with Crippen LogP contribution in [0.15, 0.2) is 48.7 Å². The smallest absolute Gasteiger partial charge is 0.257 e. The molecule has 1 amide bonds. The van der Waals surface area contributed by atoms with Crippen molar-refractivity contribution in [2.75, 3.05) is 20.8 Å². The van der Waals surface area contributed by atoms with E-state index in [4.69, 9.17) is 21.1 Å². The highest BCUT2D eigenvalue weighted by molar-refractivity contribution is 6.30. The number of pyridine rings is 1. The summed E-state index contributed by atoms with van der Waals surface area (Å²) in [5.74, 6) is 0.856. The Hall–Kier alpha value is -2.79. The number of hydrogen-bond acceptors (Lipinski definition) is 4. The molecule has 1 heterocycles. The van der Waals surface area contributed by atoms with Crippen LogP contribution in [0.25, 0.3) is 21.9 Å². The molecule has 0 aliphatic carbocycles. The fourth-order valence-electron chi connectivity index (χ4n) is 2.59. The monoisotopic (exact) mass is 356 g/mol. The van der Waals surface area contributed by atoms with Crippen molar-refractivity contribution in [2.45, 2.75) is 0 Å². The molecule has 3 aromatic rings. The Labute approximate surface area is 150 Å². The van der Waals surface area contributed by atoms with Crippen molar-refractivity contribution in [1.82, 2.24) is 10.3 Å². The highest BCUT2D eigenvalue weighted by Gasteiger charge is 2.14. The zero-order valence-electron chi connectivity index (χ0n) is 13.9. The van der Waals surface area contributed by atoms with Gasteiger partial charge in [-0.25, -0.2) is 4.98 Å². The molecule has 128 valence electrons. The Bertz CT molecular complexity index is 928. The first kappa shape index (κ1) is 17.0. The number of amides is 1. The van der Waals surface area contributed by atoms with E-state index in [1.807, 2.05) is 36.4 Å². The number of methoxy groups -OCH3 is 1. The maximum absolute atomic E-state index is 11.5. The van der Waals surface area contributed by atoms with Crippen molar-refractivity contribution >= 4 is 28.3 Å². The molecule has 0 saturated heterocycles. The predicted molar refractivity (Wildman–Crippen MR) is 98.3 cm³/mol. The molecule has 6 heteroatoms. The van der Waals surface area contributed by atoms with Gasteiger partial charge in [0.15, 0.2) is 6.61 Å². The van der Waals surface area contributed by atoms with Gasteiger partial charge in [-0.3, -0.25) is 4.79 Å². The first-order valence-electron chi connectivity index (χ1n) is 7.68. The number of likely N-dealkylation sites (N-methyl/N-ethyl adjacent to an activating group) is 1. The highest BCUT2D eigenvalue weighted by Crippen LogP contribution is 2.38. The number of fused-ring (bicyclic) bond motifs is 1. The third kappa shape index (κ3) is 3.67. The molecule has 2 aromatic carbocycles. The van der Waals surface area contributed by atoms with Gasteiger partial charge in [-0.2, -0.15) is 0 Å². The fraction of sp³-hybridized carbons (Fsp3) is 0.158. The zero-order chi connectivity index (χ0) is 17.8. The van der Waals surface area contributed by atoms with Gasteiger partial charge < -0.3 is 14.8 Å². The van der Waals surface area contributed by atoms with E-state index in [0.29, 0.717) is 16.7 Å². The van der Waals surface area contributed by atoms with E-state index in [1.54, 1.807) is 20.2 Å². The molecule has 0 spiro atoms. The first-order chi connectivity index (χ1) is 12.1. The minimum absolute atomic E-state index is 0.0563. The first-order valence-corrected chi connectivity index (χ1v) is 8.06. The van der Waals surface area contributed by atoms with Gasteiger partial charge in [-0.05, 0) is 34.5 Å². The molecule has 0 radical (unpaired) electrons. The van der Waals surface area contributed by atoms with Crippen LogP contribution in [0.5, 0.6) is 11.6 Å². The summed E-state index contributed by atoms with van der Waals surface area (Å²) < 4.78 is 11.0. The average Bonchev–Trinajstić information content (AvgIpc) is 2.65. The molecule has 0 aliphatic rings. The Morgan fingerprint density at radius 3 is 2.76 bits per heavy atom. The second-order valence-electron chi connectivity index (χ2n) is 5.36. The third-order valence-electron chi connectivity index (χ3n) is 3.79. The summed E-state index contributed by atoms with van der Waals surface area (Å²) in [6, 6.07) is 13.5. The molecule has 0 bridgehead atoms. The number of nitrogens with one attached hydrogen (secondary N) is 1. The van der Waals surface area contributed by atoms with Crippen LogP contribution in [0.2, 0.25) is 5.02 Å². The molecule has 5 nitrogen and oxygen atoms in total. The SMILES string of the molecule is CNC(=O)COc1cc(-c2cc(Cl)cnc2OC)c2ccccc2c1. The van der Waals surface area contributed by atoms with Gasteiger partial charge in [0.05, 0.1) is 12.1 Å². The predicted octanol–water partition coefficient (Wildman–Crippen LogP) is 3.69. The molecule has 0 fully saturated rings. The molecule has 25 heavy (non-hydrogen) atoms. The summed E-state index contributed by atoms with van der Waals surface area (Å²) >= 11 is 6.13. The van der Waals surface area contributed by atoms with E-state index in [1.165, 1.54) is 6.20 Å². The lowest BCUT2D eigenvalue weighted by Crippen LogP contribution is -2.24. The Morgan fingerprint density at radius 1 is 1.20 bits per heavy atom. The molecule has 1 N–H and O–H groups in total. The molecular weight excluding hydrogens is 340 g/mol. The van der Waals surface area contributed by atoms with Crippen molar-refractivity contribution in [2.24, 2.45) is 0 Å². The summed E-state index contributed by atoms with van der Waals surface area (Å²) in [7, 11) is 3.13. The largest absolute Gasteiger partial charge is 0.484 e. The molecule has 0 saturated carbocycles. The second-order valence-corrected chi connectivity index (χ2v) is 5.80. The van der Waals surface area contributed by atoms with E-state index >= 15 is 0 Å². The lowest BCUT2D eigenvalue weighted by Gasteiger charge is -2.14. The van der Waals surface area contributed by atoms with E-state index in [-0.39, 0.29) is 12.5 Å². The molecule has 0 aliphatic heterocycles. The Kier molecular flexibility index (Phi) is 5.05. The number of hydrogen-bond donors (Lipinski definition) is 1. The van der Waals surface area contributed by atoms with Crippen LogP contribution >= 0.6 is 11.6 Å². The van der Waals surface area contributed by atoms with Gasteiger partial charge in [0.2, 0.25) is 5.88 Å². The summed E-state index contributed by atoms with van der Waals surface area (Å²) in [5, 5.41) is 5.04. The van der Waals surface area contributed by atoms with Crippen molar-refractivity contribution in [1.29, 1.82) is 0 Å². The van der Waals surface area contributed by atoms with Crippen LogP contribution in [0.4, 0.5) is 0 Å². The van der Waals surface area contributed by atoms with Gasteiger partial charge in [-0.1, -0.05) is 35.9 Å². The Balaban J connectivity index is 2.16. The molecule has 3 rings (SSSR count). The number of aromatic nitrogens is 1. The summed E-state index contributed by atoms with van der Waals surface area (Å²) in [4.78, 5) is 15.7. The number of rotatable bonds is 5. The topological polar surface area (TPSA) is 60.5 Å². The quantitative estimate of drug-likeness (QED) is 0.757. The number of carbonyl (C=O) groups excluding carboxylic acids is 1. The third-order valence-corrected chi connectivity index (χ3v) is 3.99. The number of ether oxygens (including phenoxy) is 2. The molecule has 0 atom stereocenters. The van der Waals surface area contributed by atoms with Gasteiger partial charge >= 0.3 is 0 Å². The fourth-order valence-corrected chi connectivity index (χ4v) is 2.75. The minimum atomic E-state index is -0.197. The summed E-state index contributed by atoms with van der Waals surface area (Å²) in [5.41, 5.74) is 1.63. The van der Waals surface area contributed by atoms with E-state index in [2.05, 4.69) is 10.3 Å². The molecule has 1 aromatic heterocycles. The summed E-state index contributed by atoms with van der Waals surface area (Å²) in [6.07, 6.45) is 1.54. The summed E-state index contributed by atoms with van der Waals surface area (Å²) in [6.45, 7) is -0.0563. The number of halogens is 1. The van der Waals surface area contributed by atoms with Crippen LogP contribution < -0.4 is 14.8 Å². The van der Waals surface area contributed by atoms with Gasteiger partial charge in [0.25, 0.3) is 5.91 Å².